The number of aryl methyl sites for hydroxylation is 1. The second kappa shape index (κ2) is 8.17. The van der Waals surface area contributed by atoms with Crippen molar-refractivity contribution in [3.63, 3.8) is 0 Å². The van der Waals surface area contributed by atoms with Gasteiger partial charge in [0.15, 0.2) is 6.61 Å². The molecule has 6 heteroatoms. The molecule has 1 amide bonds. The fourth-order valence-corrected chi connectivity index (χ4v) is 3.40. The number of aromatic nitrogens is 2. The van der Waals surface area contributed by atoms with Crippen molar-refractivity contribution in [3.8, 4) is 5.75 Å². The quantitative estimate of drug-likeness (QED) is 0.814. The van der Waals surface area contributed by atoms with Crippen LogP contribution in [0.4, 0.5) is 0 Å². The lowest BCUT2D eigenvalue weighted by Gasteiger charge is -2.32. The maximum Gasteiger partial charge on any atom is 0.267 e. The summed E-state index contributed by atoms with van der Waals surface area (Å²) < 4.78 is 7.28. The number of carbonyl (C=O) groups excluding carboxylic acids is 1. The maximum atomic E-state index is 12.5. The average Bonchev–Trinajstić information content (AvgIpc) is 2.67. The zero-order valence-corrected chi connectivity index (χ0v) is 17.1. The molecule has 1 aromatic carbocycles. The molecule has 0 N–H and O–H groups in total. The number of nitrogens with zero attached hydrogens (tertiary/aromatic N) is 3. The third kappa shape index (κ3) is 4.61. The van der Waals surface area contributed by atoms with Gasteiger partial charge in [-0.2, -0.15) is 5.10 Å². The highest BCUT2D eigenvalue weighted by atomic mass is 16.5. The highest BCUT2D eigenvalue weighted by Gasteiger charge is 2.26. The molecule has 28 heavy (non-hydrogen) atoms. The topological polar surface area (TPSA) is 64.4 Å². The number of carbonyl (C=O) groups is 1. The van der Waals surface area contributed by atoms with E-state index in [-0.39, 0.29) is 29.5 Å². The van der Waals surface area contributed by atoms with E-state index in [1.807, 2.05) is 36.1 Å². The minimum absolute atomic E-state index is 0.0227. The molecular formula is C22H29N3O3. The lowest BCUT2D eigenvalue weighted by Crippen LogP contribution is -2.43. The minimum Gasteiger partial charge on any atom is -0.484 e. The van der Waals surface area contributed by atoms with Crippen molar-refractivity contribution >= 4 is 5.91 Å². The third-order valence-corrected chi connectivity index (χ3v) is 5.20. The summed E-state index contributed by atoms with van der Waals surface area (Å²) in [4.78, 5) is 26.6. The van der Waals surface area contributed by atoms with Crippen molar-refractivity contribution in [1.82, 2.24) is 14.7 Å². The second-order valence-corrected chi connectivity index (χ2v) is 8.42. The van der Waals surface area contributed by atoms with E-state index in [0.29, 0.717) is 13.1 Å². The smallest absolute Gasteiger partial charge is 0.267 e. The summed E-state index contributed by atoms with van der Waals surface area (Å²) >= 11 is 0. The largest absolute Gasteiger partial charge is 0.484 e. The lowest BCUT2D eigenvalue weighted by molar-refractivity contribution is -0.134. The molecule has 0 saturated carbocycles. The number of benzene rings is 1. The summed E-state index contributed by atoms with van der Waals surface area (Å²) in [6, 6.07) is 11.1. The monoisotopic (exact) mass is 383 g/mol. The molecule has 2 aromatic rings. The van der Waals surface area contributed by atoms with E-state index < -0.39 is 0 Å². The molecule has 1 fully saturated rings. The Bertz CT molecular complexity index is 890. The zero-order valence-electron chi connectivity index (χ0n) is 17.1. The standard InChI is InChI=1S/C22H29N3O3/c1-16-7-5-6-8-18(16)28-15-21(27)24-13-11-17(12-14-24)25-20(26)10-9-19(23-25)22(2,3)4/h5-10,17H,11-15H2,1-4H3. The van der Waals surface area contributed by atoms with Gasteiger partial charge in [0.2, 0.25) is 0 Å². The van der Waals surface area contributed by atoms with E-state index in [0.717, 1.165) is 29.8 Å². The van der Waals surface area contributed by atoms with Gasteiger partial charge in [0.05, 0.1) is 11.7 Å². The zero-order chi connectivity index (χ0) is 20.3. The number of likely N-dealkylation sites (tertiary alicyclic amines) is 1. The van der Waals surface area contributed by atoms with E-state index in [2.05, 4.69) is 25.9 Å². The van der Waals surface area contributed by atoms with Crippen LogP contribution in [0.3, 0.4) is 0 Å². The summed E-state index contributed by atoms with van der Waals surface area (Å²) in [7, 11) is 0. The molecule has 1 aliphatic heterocycles. The molecule has 0 radical (unpaired) electrons. The molecule has 1 aliphatic rings. The normalized spacial score (nSPS) is 15.5. The number of hydrogen-bond donors (Lipinski definition) is 0. The Labute approximate surface area is 166 Å². The fourth-order valence-electron chi connectivity index (χ4n) is 3.40. The number of piperidine rings is 1. The summed E-state index contributed by atoms with van der Waals surface area (Å²) in [6.45, 7) is 9.46. The van der Waals surface area contributed by atoms with Crippen LogP contribution >= 0.6 is 0 Å². The van der Waals surface area contributed by atoms with Gasteiger partial charge in [-0.3, -0.25) is 9.59 Å². The Morgan fingerprint density at radius 1 is 1.14 bits per heavy atom. The van der Waals surface area contributed by atoms with Crippen molar-refractivity contribution in [2.75, 3.05) is 19.7 Å². The third-order valence-electron chi connectivity index (χ3n) is 5.20. The molecule has 0 spiro atoms. The molecule has 1 aromatic heterocycles. The summed E-state index contributed by atoms with van der Waals surface area (Å²) in [5.74, 6) is 0.714. The summed E-state index contributed by atoms with van der Waals surface area (Å²) in [5.41, 5.74) is 1.72. The van der Waals surface area contributed by atoms with Crippen LogP contribution in [-0.4, -0.2) is 40.3 Å². The molecule has 0 unspecified atom stereocenters. The number of rotatable bonds is 4. The lowest BCUT2D eigenvalue weighted by atomic mass is 9.92. The van der Waals surface area contributed by atoms with Gasteiger partial charge in [-0.1, -0.05) is 39.0 Å². The van der Waals surface area contributed by atoms with Crippen LogP contribution in [0.25, 0.3) is 0 Å². The number of amides is 1. The molecule has 0 aliphatic carbocycles. The Morgan fingerprint density at radius 3 is 2.46 bits per heavy atom. The van der Waals surface area contributed by atoms with E-state index >= 15 is 0 Å². The van der Waals surface area contributed by atoms with Crippen molar-refractivity contribution in [2.24, 2.45) is 0 Å². The first-order valence-electron chi connectivity index (χ1n) is 9.82. The van der Waals surface area contributed by atoms with Crippen LogP contribution in [0.1, 0.15) is 50.9 Å². The van der Waals surface area contributed by atoms with Crippen LogP contribution in [0, 0.1) is 6.92 Å². The Hall–Kier alpha value is -2.63. The van der Waals surface area contributed by atoms with E-state index in [4.69, 9.17) is 4.74 Å². The van der Waals surface area contributed by atoms with Gasteiger partial charge in [0.1, 0.15) is 5.75 Å². The molecule has 6 nitrogen and oxygen atoms in total. The first-order chi connectivity index (χ1) is 13.3. The van der Waals surface area contributed by atoms with Gasteiger partial charge in [-0.25, -0.2) is 4.68 Å². The van der Waals surface area contributed by atoms with Gasteiger partial charge in [0, 0.05) is 24.6 Å². The Balaban J connectivity index is 1.59. The van der Waals surface area contributed by atoms with Crippen molar-refractivity contribution in [2.45, 2.75) is 52.0 Å². The van der Waals surface area contributed by atoms with Crippen LogP contribution in [-0.2, 0) is 10.2 Å². The second-order valence-electron chi connectivity index (χ2n) is 8.42. The maximum absolute atomic E-state index is 12.5. The first kappa shape index (κ1) is 20.1. The molecule has 1 saturated heterocycles. The van der Waals surface area contributed by atoms with Gasteiger partial charge in [-0.05, 0) is 37.5 Å². The first-order valence-corrected chi connectivity index (χ1v) is 9.82. The molecule has 3 rings (SSSR count). The van der Waals surface area contributed by atoms with Gasteiger partial charge >= 0.3 is 0 Å². The molecule has 0 bridgehead atoms. The number of hydrogen-bond acceptors (Lipinski definition) is 4. The number of ether oxygens (including phenoxy) is 1. The minimum atomic E-state index is -0.112. The molecule has 0 atom stereocenters. The predicted octanol–water partition coefficient (Wildman–Crippen LogP) is 3.09. The number of para-hydroxylation sites is 1. The van der Waals surface area contributed by atoms with Gasteiger partial charge < -0.3 is 9.64 Å². The van der Waals surface area contributed by atoms with Crippen molar-refractivity contribution in [1.29, 1.82) is 0 Å². The Morgan fingerprint density at radius 2 is 1.82 bits per heavy atom. The van der Waals surface area contributed by atoms with Crippen molar-refractivity contribution in [3.05, 3.63) is 58.0 Å². The van der Waals surface area contributed by atoms with Gasteiger partial charge in [0.25, 0.3) is 11.5 Å². The van der Waals surface area contributed by atoms with Crippen LogP contribution in [0.15, 0.2) is 41.2 Å². The summed E-state index contributed by atoms with van der Waals surface area (Å²) in [5, 5.41) is 4.60. The highest BCUT2D eigenvalue weighted by molar-refractivity contribution is 5.77. The SMILES string of the molecule is Cc1ccccc1OCC(=O)N1CCC(n2nc(C(C)(C)C)ccc2=O)CC1. The highest BCUT2D eigenvalue weighted by Crippen LogP contribution is 2.23. The predicted molar refractivity (Wildman–Crippen MR) is 109 cm³/mol. The molecular weight excluding hydrogens is 354 g/mol. The van der Waals surface area contributed by atoms with E-state index in [9.17, 15) is 9.59 Å². The Kier molecular flexibility index (Phi) is 5.87. The molecule has 150 valence electrons. The van der Waals surface area contributed by atoms with Crippen LogP contribution in [0.5, 0.6) is 5.75 Å². The van der Waals surface area contributed by atoms with Gasteiger partial charge in [-0.15, -0.1) is 0 Å². The van der Waals surface area contributed by atoms with E-state index in [1.54, 1.807) is 16.8 Å². The fraction of sp³-hybridized carbons (Fsp3) is 0.500. The van der Waals surface area contributed by atoms with Crippen LogP contribution in [0.2, 0.25) is 0 Å². The van der Waals surface area contributed by atoms with Crippen molar-refractivity contribution < 1.29 is 9.53 Å². The van der Waals surface area contributed by atoms with Crippen LogP contribution < -0.4 is 10.3 Å². The molecule has 2 heterocycles. The van der Waals surface area contributed by atoms with E-state index in [1.165, 1.54) is 0 Å². The average molecular weight is 383 g/mol. The summed E-state index contributed by atoms with van der Waals surface area (Å²) in [6.07, 6.45) is 1.44.